The Hall–Kier alpha value is -5.83. The smallest absolute Gasteiger partial charge is 0.336 e. The SMILES string of the molecule is CN(C)c1ccc2c(c1)OC1=CC(N(C)C)C=CC1=C2c1ccc(C(=O)NCCNC(=O)CCCCCCCCCOS(=O)(=O)c2cccc3cccnc23)cc1C(=O)O. The lowest BCUT2D eigenvalue weighted by atomic mass is 9.84. The molecule has 13 nitrogen and oxygen atoms in total. The van der Waals surface area contributed by atoms with Gasteiger partial charge in [0.1, 0.15) is 16.4 Å². The maximum absolute atomic E-state index is 13.2. The first-order chi connectivity index (χ1) is 28.8. The van der Waals surface area contributed by atoms with E-state index in [2.05, 4.69) is 15.6 Å². The summed E-state index contributed by atoms with van der Waals surface area (Å²) < 4.78 is 37.1. The van der Waals surface area contributed by atoms with Crippen LogP contribution in [0.25, 0.3) is 16.5 Å². The standard InChI is InChI=1S/C46H53N5O8S/c1-50(2)33-19-22-36-39(29-33)59-40-30-34(51(3)4)20-23-37(40)43(36)35-21-18-32(28-38(35)46(54)55)45(53)49-26-25-47-42(52)17-10-8-6-5-7-9-11-27-58-60(56,57)41-16-12-14-31-15-13-24-48-44(31)41/h12-16,18-24,28-30,33H,5-11,17,25-27H2,1-4H3,(H,47,52)(H,49,53)(H,54,55). The van der Waals surface area contributed by atoms with Crippen molar-refractivity contribution < 1.29 is 36.8 Å². The van der Waals surface area contributed by atoms with Crippen LogP contribution in [0.4, 0.5) is 5.69 Å². The molecule has 0 radical (unpaired) electrons. The lowest BCUT2D eigenvalue weighted by Gasteiger charge is -2.31. The molecule has 3 aromatic carbocycles. The van der Waals surface area contributed by atoms with Crippen LogP contribution < -0.4 is 20.3 Å². The van der Waals surface area contributed by atoms with E-state index >= 15 is 0 Å². The summed E-state index contributed by atoms with van der Waals surface area (Å²) in [5.74, 6) is -0.462. The number of likely N-dealkylation sites (N-methyl/N-ethyl adjacent to an activating group) is 1. The Kier molecular flexibility index (Phi) is 14.5. The van der Waals surface area contributed by atoms with Crippen molar-refractivity contribution in [3.8, 4) is 5.75 Å². The Morgan fingerprint density at radius 3 is 2.32 bits per heavy atom. The molecule has 2 amide bonds. The number of ether oxygens (including phenoxy) is 1. The lowest BCUT2D eigenvalue weighted by Crippen LogP contribution is -2.34. The van der Waals surface area contributed by atoms with Gasteiger partial charge in [-0.2, -0.15) is 8.42 Å². The summed E-state index contributed by atoms with van der Waals surface area (Å²) in [5.41, 5.74) is 4.21. The second-order valence-electron chi connectivity index (χ2n) is 15.3. The van der Waals surface area contributed by atoms with Gasteiger partial charge < -0.3 is 25.4 Å². The molecule has 0 fully saturated rings. The summed E-state index contributed by atoms with van der Waals surface area (Å²) in [4.78, 5) is 46.6. The highest BCUT2D eigenvalue weighted by atomic mass is 32.2. The van der Waals surface area contributed by atoms with Gasteiger partial charge >= 0.3 is 5.97 Å². The van der Waals surface area contributed by atoms with E-state index in [1.54, 1.807) is 30.5 Å². The first kappa shape index (κ1) is 43.7. The highest BCUT2D eigenvalue weighted by molar-refractivity contribution is 7.87. The molecule has 0 spiro atoms. The zero-order chi connectivity index (χ0) is 42.8. The Morgan fingerprint density at radius 2 is 1.57 bits per heavy atom. The van der Waals surface area contributed by atoms with Crippen LogP contribution in [-0.4, -0.2) is 95.1 Å². The van der Waals surface area contributed by atoms with Crippen molar-refractivity contribution in [3.05, 3.63) is 125 Å². The molecule has 1 atom stereocenters. The molecular weight excluding hydrogens is 783 g/mol. The molecule has 3 N–H and O–H groups in total. The molecule has 2 heterocycles. The van der Waals surface area contributed by atoms with Crippen molar-refractivity contribution in [2.24, 2.45) is 0 Å². The third-order valence-corrected chi connectivity index (χ3v) is 11.9. The molecule has 316 valence electrons. The van der Waals surface area contributed by atoms with E-state index in [-0.39, 0.29) is 47.7 Å². The number of amides is 2. The van der Waals surface area contributed by atoms with Gasteiger partial charge in [-0.05, 0) is 75.0 Å². The van der Waals surface area contributed by atoms with Gasteiger partial charge in [-0.15, -0.1) is 0 Å². The van der Waals surface area contributed by atoms with Gasteiger partial charge in [0.15, 0.2) is 0 Å². The van der Waals surface area contributed by atoms with E-state index in [0.29, 0.717) is 41.0 Å². The molecule has 1 aliphatic heterocycles. The summed E-state index contributed by atoms with van der Waals surface area (Å²) in [6.07, 6.45) is 13.9. The topological polar surface area (TPSA) is 167 Å². The molecule has 0 bridgehead atoms. The molecule has 6 rings (SSSR count). The van der Waals surface area contributed by atoms with Crippen LogP contribution in [-0.2, 0) is 19.1 Å². The maximum Gasteiger partial charge on any atom is 0.336 e. The van der Waals surface area contributed by atoms with Crippen LogP contribution >= 0.6 is 0 Å². The highest BCUT2D eigenvalue weighted by Gasteiger charge is 2.30. The van der Waals surface area contributed by atoms with Gasteiger partial charge in [0.05, 0.1) is 17.7 Å². The van der Waals surface area contributed by atoms with E-state index < -0.39 is 22.0 Å². The number of pyridine rings is 1. The van der Waals surface area contributed by atoms with Gasteiger partial charge in [-0.25, -0.2) is 4.79 Å². The fourth-order valence-corrected chi connectivity index (χ4v) is 8.38. The summed E-state index contributed by atoms with van der Waals surface area (Å²) >= 11 is 0. The Morgan fingerprint density at radius 1 is 0.850 bits per heavy atom. The number of carboxylic acid groups (broad SMARTS) is 1. The summed E-state index contributed by atoms with van der Waals surface area (Å²) in [7, 11) is 3.93. The Balaban J connectivity index is 0.924. The van der Waals surface area contributed by atoms with E-state index in [1.165, 1.54) is 12.1 Å². The highest BCUT2D eigenvalue weighted by Crippen LogP contribution is 2.45. The summed E-state index contributed by atoms with van der Waals surface area (Å²) in [5, 5.41) is 16.8. The minimum atomic E-state index is -3.90. The maximum atomic E-state index is 13.2. The van der Waals surface area contributed by atoms with Crippen LogP contribution in [0.2, 0.25) is 0 Å². The third kappa shape index (κ3) is 10.7. The number of fused-ring (bicyclic) bond motifs is 3. The Labute approximate surface area is 351 Å². The normalized spacial score (nSPS) is 14.6. The number of rotatable bonds is 20. The van der Waals surface area contributed by atoms with Crippen molar-refractivity contribution in [1.82, 2.24) is 20.5 Å². The van der Waals surface area contributed by atoms with Gasteiger partial charge in [-0.3, -0.25) is 23.7 Å². The van der Waals surface area contributed by atoms with E-state index in [9.17, 15) is 27.9 Å². The van der Waals surface area contributed by atoms with Gasteiger partial charge in [0, 0.05) is 85.3 Å². The average Bonchev–Trinajstić information content (AvgIpc) is 3.23. The predicted molar refractivity (Wildman–Crippen MR) is 233 cm³/mol. The lowest BCUT2D eigenvalue weighted by molar-refractivity contribution is -0.121. The monoisotopic (exact) mass is 835 g/mol. The molecule has 1 aromatic heterocycles. The number of carboxylic acids is 1. The number of benzene rings is 3. The van der Waals surface area contributed by atoms with Crippen LogP contribution in [0.1, 0.15) is 83.2 Å². The number of aromatic carboxylic acids is 1. The zero-order valence-corrected chi connectivity index (χ0v) is 35.4. The fraction of sp³-hybridized carbons (Fsp3) is 0.348. The first-order valence-corrected chi connectivity index (χ1v) is 21.7. The zero-order valence-electron chi connectivity index (χ0n) is 34.6. The number of carbonyl (C=O) groups is 3. The second kappa shape index (κ2) is 19.9. The molecule has 0 saturated heterocycles. The van der Waals surface area contributed by atoms with Crippen molar-refractivity contribution in [3.63, 3.8) is 0 Å². The summed E-state index contributed by atoms with van der Waals surface area (Å²) in [6.45, 7) is 0.527. The van der Waals surface area contributed by atoms with Crippen molar-refractivity contribution >= 4 is 50.1 Å². The number of allylic oxidation sites excluding steroid dienone is 1. The predicted octanol–water partition coefficient (Wildman–Crippen LogP) is 6.95. The molecule has 60 heavy (non-hydrogen) atoms. The number of aromatic nitrogens is 1. The average molecular weight is 836 g/mol. The fourth-order valence-electron chi connectivity index (χ4n) is 7.26. The minimum absolute atomic E-state index is 0.00340. The Bertz CT molecular complexity index is 2430. The molecule has 0 saturated carbocycles. The number of carbonyl (C=O) groups excluding carboxylic acids is 2. The molecule has 1 aliphatic carbocycles. The van der Waals surface area contributed by atoms with Crippen LogP contribution in [0.5, 0.6) is 5.75 Å². The largest absolute Gasteiger partial charge is 0.478 e. The first-order valence-electron chi connectivity index (χ1n) is 20.3. The molecule has 14 heteroatoms. The minimum Gasteiger partial charge on any atom is -0.478 e. The number of nitrogens with zero attached hydrogens (tertiary/aromatic N) is 3. The molecule has 1 unspecified atom stereocenters. The number of nitrogens with one attached hydrogen (secondary N) is 2. The number of anilines is 1. The van der Waals surface area contributed by atoms with Crippen LogP contribution in [0, 0.1) is 0 Å². The van der Waals surface area contributed by atoms with E-state index in [4.69, 9.17) is 8.92 Å². The van der Waals surface area contributed by atoms with Gasteiger partial charge in [0.25, 0.3) is 16.0 Å². The number of unbranched alkanes of at least 4 members (excludes halogenated alkanes) is 6. The van der Waals surface area contributed by atoms with Crippen molar-refractivity contribution in [2.75, 3.05) is 52.8 Å². The second-order valence-corrected chi connectivity index (χ2v) is 16.9. The molecular formula is C46H53N5O8S. The van der Waals surface area contributed by atoms with Crippen LogP contribution in [0.3, 0.4) is 0 Å². The van der Waals surface area contributed by atoms with Crippen molar-refractivity contribution in [2.45, 2.75) is 62.3 Å². The molecule has 2 aliphatic rings. The van der Waals surface area contributed by atoms with E-state index in [1.807, 2.05) is 86.6 Å². The van der Waals surface area contributed by atoms with Gasteiger partial charge in [0.2, 0.25) is 5.91 Å². The van der Waals surface area contributed by atoms with Crippen LogP contribution in [0.15, 0.2) is 107 Å². The van der Waals surface area contributed by atoms with Crippen molar-refractivity contribution in [1.29, 1.82) is 0 Å². The number of para-hydroxylation sites is 1. The number of hydrogen-bond acceptors (Lipinski definition) is 10. The third-order valence-electron chi connectivity index (χ3n) is 10.6. The number of hydrogen-bond donors (Lipinski definition) is 3. The molecule has 4 aromatic rings. The van der Waals surface area contributed by atoms with E-state index in [0.717, 1.165) is 60.7 Å². The van der Waals surface area contributed by atoms with Gasteiger partial charge in [-0.1, -0.05) is 68.5 Å². The summed E-state index contributed by atoms with van der Waals surface area (Å²) in [6, 6.07) is 19.1. The quantitative estimate of drug-likeness (QED) is 0.0623.